The lowest BCUT2D eigenvalue weighted by atomic mass is 10.1. The molecule has 1 aromatic heterocycles. The van der Waals surface area contributed by atoms with E-state index in [1.807, 2.05) is 13.8 Å². The van der Waals surface area contributed by atoms with Crippen LogP contribution in [0.4, 0.5) is 5.00 Å². The molecule has 0 saturated carbocycles. The van der Waals surface area contributed by atoms with E-state index in [-0.39, 0.29) is 16.5 Å². The lowest BCUT2D eigenvalue weighted by Crippen LogP contribution is -2.30. The molecule has 0 bridgehead atoms. The average Bonchev–Trinajstić information content (AvgIpc) is 2.89. The zero-order chi connectivity index (χ0) is 19.1. The topological polar surface area (TPSA) is 113 Å². The van der Waals surface area contributed by atoms with Crippen molar-refractivity contribution in [2.75, 3.05) is 25.5 Å². The van der Waals surface area contributed by atoms with Gasteiger partial charge in [-0.25, -0.2) is 9.59 Å². The fourth-order valence-corrected chi connectivity index (χ4v) is 3.27. The molecule has 136 valence electrons. The standard InChI is InChI=1S/C16H20N2O6S/c1-5-18(6-2)15(22)13-9(3)12(16(23)24-4)14(25-13)17-10(19)7-8-11(20)21/h7-8H,5-6H2,1-4H3,(H,17,19)(H,20,21). The molecule has 1 aromatic rings. The minimum absolute atomic E-state index is 0.0834. The van der Waals surface area contributed by atoms with Crippen molar-refractivity contribution in [2.45, 2.75) is 20.8 Å². The second-order valence-corrected chi connectivity index (χ2v) is 5.91. The zero-order valence-electron chi connectivity index (χ0n) is 14.4. The number of carboxylic acids is 1. The molecule has 0 aromatic carbocycles. The largest absolute Gasteiger partial charge is 0.478 e. The number of nitrogens with one attached hydrogen (secondary N) is 1. The molecule has 1 heterocycles. The predicted octanol–water partition coefficient (Wildman–Crippen LogP) is 1.90. The monoisotopic (exact) mass is 368 g/mol. The molecule has 0 unspecified atom stereocenters. The first-order valence-electron chi connectivity index (χ1n) is 7.49. The summed E-state index contributed by atoms with van der Waals surface area (Å²) in [6.07, 6.45) is 1.50. The van der Waals surface area contributed by atoms with Gasteiger partial charge in [0.05, 0.1) is 17.6 Å². The third-order valence-electron chi connectivity index (χ3n) is 3.40. The van der Waals surface area contributed by atoms with Gasteiger partial charge in [-0.1, -0.05) is 0 Å². The van der Waals surface area contributed by atoms with Crippen LogP contribution in [-0.4, -0.2) is 54.0 Å². The van der Waals surface area contributed by atoms with Crippen LogP contribution < -0.4 is 5.32 Å². The minimum Gasteiger partial charge on any atom is -0.478 e. The number of rotatable bonds is 7. The van der Waals surface area contributed by atoms with Crippen LogP contribution in [0.3, 0.4) is 0 Å². The summed E-state index contributed by atoms with van der Waals surface area (Å²) in [5, 5.41) is 11.1. The van der Waals surface area contributed by atoms with Crippen LogP contribution in [0.15, 0.2) is 12.2 Å². The van der Waals surface area contributed by atoms with E-state index in [2.05, 4.69) is 5.32 Å². The highest BCUT2D eigenvalue weighted by molar-refractivity contribution is 7.18. The van der Waals surface area contributed by atoms with Gasteiger partial charge >= 0.3 is 11.9 Å². The first-order chi connectivity index (χ1) is 11.8. The maximum atomic E-state index is 12.6. The molecule has 0 aliphatic heterocycles. The van der Waals surface area contributed by atoms with Gasteiger partial charge in [-0.2, -0.15) is 0 Å². The number of aliphatic carboxylic acids is 1. The molecule has 2 N–H and O–H groups in total. The highest BCUT2D eigenvalue weighted by atomic mass is 32.1. The highest BCUT2D eigenvalue weighted by Crippen LogP contribution is 2.34. The Morgan fingerprint density at radius 3 is 2.28 bits per heavy atom. The molecular weight excluding hydrogens is 348 g/mol. The Balaban J connectivity index is 3.30. The Kier molecular flexibility index (Phi) is 7.31. The van der Waals surface area contributed by atoms with E-state index < -0.39 is 17.8 Å². The summed E-state index contributed by atoms with van der Waals surface area (Å²) in [5.41, 5.74) is 0.492. The number of anilines is 1. The zero-order valence-corrected chi connectivity index (χ0v) is 15.2. The Bertz CT molecular complexity index is 718. The molecule has 0 aliphatic rings. The lowest BCUT2D eigenvalue weighted by Gasteiger charge is -2.17. The molecule has 2 amide bonds. The molecule has 0 spiro atoms. The SMILES string of the molecule is CCN(CC)C(=O)c1sc(NC(=O)C=CC(=O)O)c(C(=O)OC)c1C. The molecule has 0 radical (unpaired) electrons. The van der Waals surface area contributed by atoms with Gasteiger partial charge in [0.2, 0.25) is 5.91 Å². The van der Waals surface area contributed by atoms with Crippen molar-refractivity contribution in [1.82, 2.24) is 4.90 Å². The number of hydrogen-bond acceptors (Lipinski definition) is 6. The van der Waals surface area contributed by atoms with Gasteiger partial charge in [-0.3, -0.25) is 9.59 Å². The number of amides is 2. The fourth-order valence-electron chi connectivity index (χ4n) is 2.11. The van der Waals surface area contributed by atoms with Crippen molar-refractivity contribution in [3.05, 3.63) is 28.2 Å². The average molecular weight is 368 g/mol. The second-order valence-electron chi connectivity index (χ2n) is 4.89. The first-order valence-corrected chi connectivity index (χ1v) is 8.31. The van der Waals surface area contributed by atoms with Gasteiger partial charge in [-0.05, 0) is 26.3 Å². The Hall–Kier alpha value is -2.68. The third-order valence-corrected chi connectivity index (χ3v) is 4.59. The normalized spacial score (nSPS) is 10.6. The van der Waals surface area contributed by atoms with Crippen LogP contribution in [0.25, 0.3) is 0 Å². The summed E-state index contributed by atoms with van der Waals surface area (Å²) in [4.78, 5) is 48.8. The summed E-state index contributed by atoms with van der Waals surface area (Å²) in [6.45, 7) is 6.28. The summed E-state index contributed by atoms with van der Waals surface area (Å²) in [6, 6.07) is 0. The maximum absolute atomic E-state index is 12.6. The number of carboxylic acid groups (broad SMARTS) is 1. The van der Waals surface area contributed by atoms with Crippen molar-refractivity contribution >= 4 is 40.1 Å². The Morgan fingerprint density at radius 1 is 1.20 bits per heavy atom. The molecule has 0 saturated heterocycles. The quantitative estimate of drug-likeness (QED) is 0.561. The van der Waals surface area contributed by atoms with E-state index in [0.717, 1.165) is 17.4 Å². The van der Waals surface area contributed by atoms with E-state index >= 15 is 0 Å². The lowest BCUT2D eigenvalue weighted by molar-refractivity contribution is -0.131. The molecule has 0 aliphatic carbocycles. The van der Waals surface area contributed by atoms with Gasteiger partial charge in [0.25, 0.3) is 5.91 Å². The van der Waals surface area contributed by atoms with Crippen LogP contribution in [0.2, 0.25) is 0 Å². The molecule has 9 heteroatoms. The van der Waals surface area contributed by atoms with E-state index in [0.29, 0.717) is 29.6 Å². The van der Waals surface area contributed by atoms with E-state index in [4.69, 9.17) is 9.84 Å². The van der Waals surface area contributed by atoms with E-state index in [9.17, 15) is 19.2 Å². The van der Waals surface area contributed by atoms with Crippen LogP contribution in [0, 0.1) is 6.92 Å². The van der Waals surface area contributed by atoms with Crippen molar-refractivity contribution in [3.8, 4) is 0 Å². The predicted molar refractivity (Wildman–Crippen MR) is 93.1 cm³/mol. The van der Waals surface area contributed by atoms with Crippen molar-refractivity contribution < 1.29 is 29.0 Å². The molecule has 25 heavy (non-hydrogen) atoms. The molecular formula is C16H20N2O6S. The van der Waals surface area contributed by atoms with Crippen LogP contribution in [-0.2, 0) is 14.3 Å². The number of esters is 1. The third kappa shape index (κ3) is 4.90. The number of methoxy groups -OCH3 is 1. The molecule has 0 fully saturated rings. The number of ether oxygens (including phenoxy) is 1. The molecule has 0 atom stereocenters. The number of carbonyl (C=O) groups excluding carboxylic acids is 3. The van der Waals surface area contributed by atoms with Gasteiger partial charge in [0, 0.05) is 25.2 Å². The van der Waals surface area contributed by atoms with Crippen LogP contribution >= 0.6 is 11.3 Å². The van der Waals surface area contributed by atoms with Gasteiger partial charge < -0.3 is 20.1 Å². The minimum atomic E-state index is -1.27. The van der Waals surface area contributed by atoms with Crippen molar-refractivity contribution in [2.24, 2.45) is 0 Å². The summed E-state index contributed by atoms with van der Waals surface area (Å²) >= 11 is 0.954. The number of hydrogen-bond donors (Lipinski definition) is 2. The summed E-state index contributed by atoms with van der Waals surface area (Å²) in [7, 11) is 1.20. The fraction of sp³-hybridized carbons (Fsp3) is 0.375. The highest BCUT2D eigenvalue weighted by Gasteiger charge is 2.27. The maximum Gasteiger partial charge on any atom is 0.341 e. The van der Waals surface area contributed by atoms with Crippen LogP contribution in [0.1, 0.15) is 39.4 Å². The Labute approximate surface area is 149 Å². The van der Waals surface area contributed by atoms with Gasteiger partial charge in [-0.15, -0.1) is 11.3 Å². The number of thiophene rings is 1. The van der Waals surface area contributed by atoms with E-state index in [1.165, 1.54) is 7.11 Å². The smallest absolute Gasteiger partial charge is 0.341 e. The summed E-state index contributed by atoms with van der Waals surface area (Å²) < 4.78 is 4.72. The van der Waals surface area contributed by atoms with Gasteiger partial charge in [0.1, 0.15) is 5.00 Å². The molecule has 8 nitrogen and oxygen atoms in total. The number of carbonyl (C=O) groups is 4. The second kappa shape index (κ2) is 8.97. The first kappa shape index (κ1) is 20.4. The summed E-state index contributed by atoms with van der Waals surface area (Å²) in [5.74, 6) is -2.94. The van der Waals surface area contributed by atoms with Crippen molar-refractivity contribution in [1.29, 1.82) is 0 Å². The van der Waals surface area contributed by atoms with E-state index in [1.54, 1.807) is 11.8 Å². The van der Waals surface area contributed by atoms with Crippen LogP contribution in [0.5, 0.6) is 0 Å². The van der Waals surface area contributed by atoms with Crippen molar-refractivity contribution in [3.63, 3.8) is 0 Å². The van der Waals surface area contributed by atoms with Gasteiger partial charge in [0.15, 0.2) is 0 Å². The Morgan fingerprint density at radius 2 is 1.80 bits per heavy atom. The molecule has 1 rings (SSSR count). The number of nitrogens with zero attached hydrogens (tertiary/aromatic N) is 1.